The molecule has 0 aromatic heterocycles. The third-order valence-electron chi connectivity index (χ3n) is 2.16. The molecule has 2 N–H and O–H groups in total. The lowest BCUT2D eigenvalue weighted by Gasteiger charge is -2.14. The molecule has 60 valence electrons. The van der Waals surface area contributed by atoms with Crippen LogP contribution in [0.25, 0.3) is 0 Å². The van der Waals surface area contributed by atoms with Crippen LogP contribution in [0.3, 0.4) is 0 Å². The van der Waals surface area contributed by atoms with Crippen molar-refractivity contribution in [3.05, 3.63) is 0 Å². The molecular formula is C7H13F2N. The highest BCUT2D eigenvalue weighted by Crippen LogP contribution is 2.49. The molecule has 0 aromatic rings. The smallest absolute Gasteiger partial charge is 0.253 e. The van der Waals surface area contributed by atoms with E-state index in [1.54, 1.807) is 0 Å². The number of nitrogens with two attached hydrogens (primary N) is 1. The highest BCUT2D eigenvalue weighted by atomic mass is 19.3. The van der Waals surface area contributed by atoms with E-state index in [4.69, 9.17) is 5.73 Å². The maximum Gasteiger partial charge on any atom is 0.253 e. The van der Waals surface area contributed by atoms with Crippen LogP contribution in [0, 0.1) is 5.41 Å². The Labute approximate surface area is 59.6 Å². The van der Waals surface area contributed by atoms with Crippen LogP contribution < -0.4 is 5.73 Å². The second-order valence-corrected chi connectivity index (χ2v) is 3.51. The molecule has 1 saturated carbocycles. The van der Waals surface area contributed by atoms with Gasteiger partial charge < -0.3 is 5.73 Å². The van der Waals surface area contributed by atoms with E-state index >= 15 is 0 Å². The minimum absolute atomic E-state index is 0.149. The summed E-state index contributed by atoms with van der Waals surface area (Å²) >= 11 is 0. The minimum Gasteiger partial charge on any atom is -0.323 e. The lowest BCUT2D eigenvalue weighted by Crippen LogP contribution is -2.30. The Morgan fingerprint density at radius 2 is 2.00 bits per heavy atom. The molecule has 0 bridgehead atoms. The molecule has 0 spiro atoms. The van der Waals surface area contributed by atoms with Crippen molar-refractivity contribution in [3.63, 3.8) is 0 Å². The summed E-state index contributed by atoms with van der Waals surface area (Å²) in [5.74, 6) is 0. The summed E-state index contributed by atoms with van der Waals surface area (Å²) in [6.45, 7) is 2.01. The summed E-state index contributed by atoms with van der Waals surface area (Å²) in [7, 11) is 0. The number of alkyl halides is 2. The van der Waals surface area contributed by atoms with Crippen molar-refractivity contribution in [2.75, 3.05) is 0 Å². The summed E-state index contributed by atoms with van der Waals surface area (Å²) in [6, 6.07) is -0.910. The Balaban J connectivity index is 2.24. The zero-order valence-corrected chi connectivity index (χ0v) is 6.11. The van der Waals surface area contributed by atoms with Crippen molar-refractivity contribution >= 4 is 0 Å². The Morgan fingerprint density at radius 3 is 2.30 bits per heavy atom. The fourth-order valence-electron chi connectivity index (χ4n) is 1.08. The van der Waals surface area contributed by atoms with Crippen LogP contribution in [-0.2, 0) is 0 Å². The fourth-order valence-corrected chi connectivity index (χ4v) is 1.08. The lowest BCUT2D eigenvalue weighted by molar-refractivity contribution is 0.103. The van der Waals surface area contributed by atoms with E-state index < -0.39 is 12.5 Å². The van der Waals surface area contributed by atoms with Gasteiger partial charge in [0.25, 0.3) is 6.43 Å². The maximum atomic E-state index is 11.9. The monoisotopic (exact) mass is 149 g/mol. The molecule has 1 fully saturated rings. The molecule has 1 unspecified atom stereocenters. The van der Waals surface area contributed by atoms with Crippen molar-refractivity contribution in [2.45, 2.75) is 38.7 Å². The van der Waals surface area contributed by atoms with Gasteiger partial charge in [0, 0.05) is 0 Å². The van der Waals surface area contributed by atoms with Gasteiger partial charge in [0.1, 0.15) is 0 Å². The van der Waals surface area contributed by atoms with E-state index in [2.05, 4.69) is 0 Å². The number of hydrogen-bond acceptors (Lipinski definition) is 1. The molecule has 0 radical (unpaired) electrons. The molecule has 0 aliphatic heterocycles. The number of rotatable bonds is 3. The Hall–Kier alpha value is -0.180. The normalized spacial score (nSPS) is 24.9. The average molecular weight is 149 g/mol. The van der Waals surface area contributed by atoms with E-state index in [1.807, 2.05) is 6.92 Å². The molecular weight excluding hydrogens is 136 g/mol. The first-order chi connectivity index (χ1) is 4.53. The number of hydrogen-bond donors (Lipinski definition) is 1. The van der Waals surface area contributed by atoms with Crippen molar-refractivity contribution in [2.24, 2.45) is 11.1 Å². The predicted molar refractivity (Wildman–Crippen MR) is 35.9 cm³/mol. The van der Waals surface area contributed by atoms with E-state index in [-0.39, 0.29) is 5.41 Å². The molecule has 1 nitrogen and oxygen atoms in total. The van der Waals surface area contributed by atoms with Crippen LogP contribution in [0.15, 0.2) is 0 Å². The molecule has 1 atom stereocenters. The van der Waals surface area contributed by atoms with Gasteiger partial charge in [-0.25, -0.2) is 8.78 Å². The first-order valence-corrected chi connectivity index (χ1v) is 3.57. The van der Waals surface area contributed by atoms with E-state index in [0.717, 1.165) is 12.8 Å². The van der Waals surface area contributed by atoms with Gasteiger partial charge in [-0.2, -0.15) is 0 Å². The first kappa shape index (κ1) is 7.92. The zero-order chi connectivity index (χ0) is 7.78. The van der Waals surface area contributed by atoms with Gasteiger partial charge in [-0.3, -0.25) is 0 Å². The zero-order valence-electron chi connectivity index (χ0n) is 6.11. The van der Waals surface area contributed by atoms with Crippen LogP contribution in [0.1, 0.15) is 26.2 Å². The molecule has 1 aliphatic carbocycles. The Morgan fingerprint density at radius 1 is 1.50 bits per heavy atom. The van der Waals surface area contributed by atoms with Crippen LogP contribution >= 0.6 is 0 Å². The Kier molecular flexibility index (Phi) is 1.95. The summed E-state index contributed by atoms with van der Waals surface area (Å²) < 4.78 is 23.7. The topological polar surface area (TPSA) is 26.0 Å². The largest absolute Gasteiger partial charge is 0.323 e. The van der Waals surface area contributed by atoms with Gasteiger partial charge in [0.05, 0.1) is 6.04 Å². The lowest BCUT2D eigenvalue weighted by atomic mass is 10.0. The minimum atomic E-state index is -2.35. The third-order valence-corrected chi connectivity index (χ3v) is 2.16. The first-order valence-electron chi connectivity index (χ1n) is 3.57. The van der Waals surface area contributed by atoms with Gasteiger partial charge in [-0.1, -0.05) is 6.92 Å². The van der Waals surface area contributed by atoms with Gasteiger partial charge in [-0.05, 0) is 24.7 Å². The molecule has 10 heavy (non-hydrogen) atoms. The molecule has 0 aromatic carbocycles. The van der Waals surface area contributed by atoms with Crippen LogP contribution in [0.2, 0.25) is 0 Å². The molecule has 0 amide bonds. The van der Waals surface area contributed by atoms with Gasteiger partial charge in [0.2, 0.25) is 0 Å². The van der Waals surface area contributed by atoms with Gasteiger partial charge in [-0.15, -0.1) is 0 Å². The molecule has 0 heterocycles. The van der Waals surface area contributed by atoms with E-state index in [9.17, 15) is 8.78 Å². The molecule has 1 rings (SSSR count). The SMILES string of the molecule is CC1(CC(N)C(F)F)CC1. The van der Waals surface area contributed by atoms with Crippen LogP contribution in [-0.4, -0.2) is 12.5 Å². The summed E-state index contributed by atoms with van der Waals surface area (Å²) in [4.78, 5) is 0. The van der Waals surface area contributed by atoms with Crippen LogP contribution in [0.4, 0.5) is 8.78 Å². The quantitative estimate of drug-likeness (QED) is 0.650. The van der Waals surface area contributed by atoms with Crippen molar-refractivity contribution in [3.8, 4) is 0 Å². The molecule has 3 heteroatoms. The van der Waals surface area contributed by atoms with E-state index in [0.29, 0.717) is 6.42 Å². The maximum absolute atomic E-state index is 11.9. The average Bonchev–Trinajstić information content (AvgIpc) is 2.47. The number of halogens is 2. The second-order valence-electron chi connectivity index (χ2n) is 3.51. The van der Waals surface area contributed by atoms with Crippen molar-refractivity contribution in [1.29, 1.82) is 0 Å². The predicted octanol–water partition coefficient (Wildman–Crippen LogP) is 1.77. The third kappa shape index (κ3) is 1.90. The van der Waals surface area contributed by atoms with Crippen LogP contribution in [0.5, 0.6) is 0 Å². The summed E-state index contributed by atoms with van der Waals surface area (Å²) in [5, 5.41) is 0. The standard InChI is InChI=1S/C7H13F2N/c1-7(2-3-7)4-5(10)6(8)9/h5-6H,2-4,10H2,1H3. The van der Waals surface area contributed by atoms with Crippen molar-refractivity contribution < 1.29 is 8.78 Å². The summed E-state index contributed by atoms with van der Waals surface area (Å²) in [6.07, 6.45) is 0.253. The Bertz CT molecular complexity index is 121. The van der Waals surface area contributed by atoms with Crippen molar-refractivity contribution in [1.82, 2.24) is 0 Å². The van der Waals surface area contributed by atoms with Gasteiger partial charge in [0.15, 0.2) is 0 Å². The fraction of sp³-hybridized carbons (Fsp3) is 1.00. The molecule has 0 saturated heterocycles. The van der Waals surface area contributed by atoms with E-state index in [1.165, 1.54) is 0 Å². The summed E-state index contributed by atoms with van der Waals surface area (Å²) in [5.41, 5.74) is 5.34. The molecule has 1 aliphatic rings. The highest BCUT2D eigenvalue weighted by Gasteiger charge is 2.40. The van der Waals surface area contributed by atoms with Gasteiger partial charge >= 0.3 is 0 Å². The highest BCUT2D eigenvalue weighted by molar-refractivity contribution is 4.91. The second kappa shape index (κ2) is 2.46.